The number of carbonyl (C=O) groups is 1. The summed E-state index contributed by atoms with van der Waals surface area (Å²) in [7, 11) is 0. The van der Waals surface area contributed by atoms with Gasteiger partial charge in [-0.15, -0.1) is 0 Å². The van der Waals surface area contributed by atoms with Crippen molar-refractivity contribution in [2.45, 2.75) is 11.8 Å². The molecule has 0 aliphatic heterocycles. The molecular formula is C14H13NO2S. The maximum absolute atomic E-state index is 11.7. The van der Waals surface area contributed by atoms with Crippen molar-refractivity contribution < 1.29 is 8.98 Å². The number of carbonyl (C=O) groups excluding carboxylic acids is 1. The van der Waals surface area contributed by atoms with Gasteiger partial charge < -0.3 is 9.92 Å². The van der Waals surface area contributed by atoms with Gasteiger partial charge >= 0.3 is 5.97 Å². The van der Waals surface area contributed by atoms with Crippen molar-refractivity contribution in [3.63, 3.8) is 0 Å². The van der Waals surface area contributed by atoms with Crippen LogP contribution in [0.4, 0.5) is 5.69 Å². The van der Waals surface area contributed by atoms with Gasteiger partial charge in [-0.1, -0.05) is 17.7 Å². The molecule has 0 atom stereocenters. The van der Waals surface area contributed by atoms with Crippen molar-refractivity contribution in [3.05, 3.63) is 59.7 Å². The van der Waals surface area contributed by atoms with Crippen molar-refractivity contribution in [1.82, 2.24) is 0 Å². The van der Waals surface area contributed by atoms with Gasteiger partial charge in [-0.25, -0.2) is 4.79 Å². The van der Waals surface area contributed by atoms with Gasteiger partial charge in [-0.2, -0.15) is 0 Å². The fraction of sp³-hybridized carbons (Fsp3) is 0.0714. The van der Waals surface area contributed by atoms with Crippen molar-refractivity contribution in [1.29, 1.82) is 0 Å². The summed E-state index contributed by atoms with van der Waals surface area (Å²) in [5.41, 5.74) is 7.83. The second-order valence-electron chi connectivity index (χ2n) is 3.89. The average molecular weight is 259 g/mol. The Labute approximate surface area is 110 Å². The molecule has 2 rings (SSSR count). The number of hydrogen-bond donors (Lipinski definition) is 1. The van der Waals surface area contributed by atoms with Crippen LogP contribution in [-0.2, 0) is 4.18 Å². The van der Waals surface area contributed by atoms with Crippen LogP contribution in [0.1, 0.15) is 15.9 Å². The summed E-state index contributed by atoms with van der Waals surface area (Å²) in [6.07, 6.45) is 0. The third-order valence-electron chi connectivity index (χ3n) is 2.38. The number of rotatable bonds is 3. The van der Waals surface area contributed by atoms with E-state index in [9.17, 15) is 4.79 Å². The monoisotopic (exact) mass is 259 g/mol. The fourth-order valence-electron chi connectivity index (χ4n) is 1.35. The van der Waals surface area contributed by atoms with Gasteiger partial charge in [0.05, 0.1) is 17.6 Å². The molecule has 0 aromatic heterocycles. The molecule has 0 amide bonds. The van der Waals surface area contributed by atoms with Crippen molar-refractivity contribution in [3.8, 4) is 0 Å². The molecule has 0 heterocycles. The van der Waals surface area contributed by atoms with Crippen LogP contribution in [0.2, 0.25) is 0 Å². The molecule has 2 N–H and O–H groups in total. The first-order chi connectivity index (χ1) is 8.65. The molecule has 4 heteroatoms. The van der Waals surface area contributed by atoms with E-state index in [-0.39, 0.29) is 5.97 Å². The van der Waals surface area contributed by atoms with Crippen LogP contribution < -0.4 is 5.73 Å². The number of anilines is 1. The summed E-state index contributed by atoms with van der Waals surface area (Å²) in [4.78, 5) is 12.6. The maximum atomic E-state index is 11.7. The number of aryl methyl sites for hydroxylation is 1. The van der Waals surface area contributed by atoms with E-state index in [1.807, 2.05) is 31.2 Å². The van der Waals surface area contributed by atoms with E-state index in [2.05, 4.69) is 0 Å². The van der Waals surface area contributed by atoms with Gasteiger partial charge in [0, 0.05) is 10.6 Å². The van der Waals surface area contributed by atoms with Gasteiger partial charge in [0.25, 0.3) is 0 Å². The van der Waals surface area contributed by atoms with Gasteiger partial charge in [0.15, 0.2) is 0 Å². The Balaban J connectivity index is 1.96. The second-order valence-corrected chi connectivity index (χ2v) is 4.69. The predicted octanol–water partition coefficient (Wildman–Crippen LogP) is 3.44. The van der Waals surface area contributed by atoms with Crippen molar-refractivity contribution in [2.75, 3.05) is 5.73 Å². The third kappa shape index (κ3) is 3.28. The molecule has 0 fully saturated rings. The molecule has 3 nitrogen and oxygen atoms in total. The van der Waals surface area contributed by atoms with Crippen LogP contribution in [0.25, 0.3) is 0 Å². The fourth-order valence-corrected chi connectivity index (χ4v) is 1.86. The molecule has 0 spiro atoms. The van der Waals surface area contributed by atoms with E-state index < -0.39 is 0 Å². The Hall–Kier alpha value is -1.94. The molecular weight excluding hydrogens is 246 g/mol. The highest BCUT2D eigenvalue weighted by Gasteiger charge is 2.07. The van der Waals surface area contributed by atoms with Gasteiger partial charge in [-0.3, -0.25) is 0 Å². The Bertz CT molecular complexity index is 535. The summed E-state index contributed by atoms with van der Waals surface area (Å²) >= 11 is 1.06. The van der Waals surface area contributed by atoms with E-state index in [0.717, 1.165) is 16.9 Å². The number of benzene rings is 2. The topological polar surface area (TPSA) is 52.3 Å². The SMILES string of the molecule is Cc1ccc(SOC(=O)c2ccc(N)cc2)cc1. The number of nitrogens with two attached hydrogens (primary N) is 1. The summed E-state index contributed by atoms with van der Waals surface area (Å²) in [5, 5.41) is 0. The highest BCUT2D eigenvalue weighted by atomic mass is 32.2. The van der Waals surface area contributed by atoms with Crippen LogP contribution in [0, 0.1) is 6.92 Å². The molecule has 2 aromatic rings. The van der Waals surface area contributed by atoms with E-state index in [1.165, 1.54) is 5.56 Å². The molecule has 0 unspecified atom stereocenters. The molecule has 0 saturated carbocycles. The number of nitrogen functional groups attached to an aromatic ring is 1. The van der Waals surface area contributed by atoms with Crippen LogP contribution >= 0.6 is 12.0 Å². The molecule has 0 aliphatic carbocycles. The molecule has 0 aliphatic rings. The van der Waals surface area contributed by atoms with Crippen LogP contribution in [0.15, 0.2) is 53.4 Å². The molecule has 0 radical (unpaired) electrons. The Morgan fingerprint density at radius 3 is 2.28 bits per heavy atom. The highest BCUT2D eigenvalue weighted by molar-refractivity contribution is 7.95. The van der Waals surface area contributed by atoms with Crippen LogP contribution in [0.5, 0.6) is 0 Å². The summed E-state index contributed by atoms with van der Waals surface area (Å²) in [6, 6.07) is 14.4. The molecule has 18 heavy (non-hydrogen) atoms. The lowest BCUT2D eigenvalue weighted by Gasteiger charge is -2.03. The lowest BCUT2D eigenvalue weighted by molar-refractivity contribution is 0.0768. The largest absolute Gasteiger partial charge is 0.399 e. The summed E-state index contributed by atoms with van der Waals surface area (Å²) in [5.74, 6) is -0.374. The lowest BCUT2D eigenvalue weighted by atomic mass is 10.2. The van der Waals surface area contributed by atoms with E-state index in [0.29, 0.717) is 11.3 Å². The Kier molecular flexibility index (Phi) is 3.89. The highest BCUT2D eigenvalue weighted by Crippen LogP contribution is 2.21. The zero-order valence-electron chi connectivity index (χ0n) is 9.92. The zero-order valence-corrected chi connectivity index (χ0v) is 10.7. The Morgan fingerprint density at radius 1 is 1.06 bits per heavy atom. The van der Waals surface area contributed by atoms with E-state index in [4.69, 9.17) is 9.92 Å². The maximum Gasteiger partial charge on any atom is 0.350 e. The molecule has 2 aromatic carbocycles. The minimum atomic E-state index is -0.374. The van der Waals surface area contributed by atoms with Crippen molar-refractivity contribution in [2.24, 2.45) is 0 Å². The number of hydrogen-bond acceptors (Lipinski definition) is 4. The van der Waals surface area contributed by atoms with E-state index in [1.54, 1.807) is 24.3 Å². The minimum Gasteiger partial charge on any atom is -0.399 e. The van der Waals surface area contributed by atoms with Gasteiger partial charge in [0.1, 0.15) is 0 Å². The van der Waals surface area contributed by atoms with Crippen molar-refractivity contribution >= 4 is 23.7 Å². The second kappa shape index (κ2) is 5.60. The normalized spacial score (nSPS) is 10.1. The summed E-state index contributed by atoms with van der Waals surface area (Å²) in [6.45, 7) is 2.01. The lowest BCUT2D eigenvalue weighted by Crippen LogP contribution is -1.99. The molecule has 92 valence electrons. The average Bonchev–Trinajstić information content (AvgIpc) is 2.38. The minimum absolute atomic E-state index is 0.374. The van der Waals surface area contributed by atoms with Gasteiger partial charge in [-0.05, 0) is 43.3 Å². The standard InChI is InChI=1S/C14H13NO2S/c1-10-2-8-13(9-3-10)18-17-14(16)11-4-6-12(15)7-5-11/h2-9H,15H2,1H3. The first kappa shape index (κ1) is 12.5. The first-order valence-electron chi connectivity index (χ1n) is 5.46. The molecule has 0 bridgehead atoms. The van der Waals surface area contributed by atoms with Crippen LogP contribution in [0.3, 0.4) is 0 Å². The quantitative estimate of drug-likeness (QED) is 0.677. The smallest absolute Gasteiger partial charge is 0.350 e. The Morgan fingerprint density at radius 2 is 1.67 bits per heavy atom. The predicted molar refractivity (Wildman–Crippen MR) is 73.3 cm³/mol. The zero-order chi connectivity index (χ0) is 13.0. The van der Waals surface area contributed by atoms with Gasteiger partial charge in [0.2, 0.25) is 0 Å². The van der Waals surface area contributed by atoms with Crippen LogP contribution in [-0.4, -0.2) is 5.97 Å². The summed E-state index contributed by atoms with van der Waals surface area (Å²) < 4.78 is 5.13. The first-order valence-corrected chi connectivity index (χ1v) is 6.20. The third-order valence-corrected chi connectivity index (χ3v) is 3.08. The molecule has 0 saturated heterocycles. The van der Waals surface area contributed by atoms with E-state index >= 15 is 0 Å².